The second-order valence-corrected chi connectivity index (χ2v) is 9.11. The van der Waals surface area contributed by atoms with Crippen molar-refractivity contribution in [3.63, 3.8) is 0 Å². The molecule has 0 saturated heterocycles. The number of hydrogen-bond acceptors (Lipinski definition) is 6. The number of nitrogens with one attached hydrogen (secondary N) is 1. The van der Waals surface area contributed by atoms with Crippen molar-refractivity contribution in [3.8, 4) is 22.8 Å². The van der Waals surface area contributed by atoms with Crippen molar-refractivity contribution in [2.24, 2.45) is 0 Å². The van der Waals surface area contributed by atoms with Gasteiger partial charge in [-0.15, -0.1) is 0 Å². The fourth-order valence-corrected chi connectivity index (χ4v) is 3.91. The summed E-state index contributed by atoms with van der Waals surface area (Å²) in [5.74, 6) is 1.16. The quantitative estimate of drug-likeness (QED) is 0.467. The molecule has 150 valence electrons. The van der Waals surface area contributed by atoms with Crippen LogP contribution < -0.4 is 9.47 Å². The first-order chi connectivity index (χ1) is 13.9. The number of rotatable bonds is 7. The number of H-pyrrole nitrogens is 1. The monoisotopic (exact) mass is 411 g/mol. The van der Waals surface area contributed by atoms with Crippen LogP contribution >= 0.6 is 0 Å². The summed E-state index contributed by atoms with van der Waals surface area (Å²) in [6, 6.07) is 11.8. The van der Waals surface area contributed by atoms with Crippen molar-refractivity contribution in [2.75, 3.05) is 25.7 Å². The van der Waals surface area contributed by atoms with Gasteiger partial charge in [-0.05, 0) is 30.7 Å². The normalized spacial score (nSPS) is 11.8. The molecule has 2 aromatic heterocycles. The number of aromatic nitrogens is 3. The standard InChI is InChI=1S/C21H21N3O4S/c1-27-19-11-16-18(12-20(19)28-8-3-9-29(2,25)26)23-13-24-21(16)15-4-5-17-14(10-15)6-7-22-17/h4-7,10-13,22H,3,8-9H2,1-2H3. The molecule has 4 rings (SSSR count). The Bertz CT molecular complexity index is 1280. The van der Waals surface area contributed by atoms with E-state index in [2.05, 4.69) is 21.0 Å². The van der Waals surface area contributed by atoms with Gasteiger partial charge in [0.05, 0.1) is 30.7 Å². The maximum Gasteiger partial charge on any atom is 0.163 e. The molecule has 29 heavy (non-hydrogen) atoms. The molecular weight excluding hydrogens is 390 g/mol. The highest BCUT2D eigenvalue weighted by Crippen LogP contribution is 2.36. The van der Waals surface area contributed by atoms with Crippen LogP contribution in [0.25, 0.3) is 33.1 Å². The molecule has 4 aromatic rings. The van der Waals surface area contributed by atoms with E-state index < -0.39 is 9.84 Å². The van der Waals surface area contributed by atoms with Gasteiger partial charge >= 0.3 is 0 Å². The van der Waals surface area contributed by atoms with Gasteiger partial charge in [-0.2, -0.15) is 0 Å². The summed E-state index contributed by atoms with van der Waals surface area (Å²) in [7, 11) is -1.44. The number of ether oxygens (including phenoxy) is 2. The van der Waals surface area contributed by atoms with Crippen LogP contribution in [-0.2, 0) is 9.84 Å². The summed E-state index contributed by atoms with van der Waals surface area (Å²) >= 11 is 0. The van der Waals surface area contributed by atoms with Gasteiger partial charge in [-0.25, -0.2) is 18.4 Å². The first-order valence-electron chi connectivity index (χ1n) is 9.15. The first-order valence-corrected chi connectivity index (χ1v) is 11.2. The van der Waals surface area contributed by atoms with Crippen LogP contribution in [0.4, 0.5) is 0 Å². The molecule has 0 radical (unpaired) electrons. The van der Waals surface area contributed by atoms with E-state index in [1.54, 1.807) is 13.2 Å². The smallest absolute Gasteiger partial charge is 0.163 e. The van der Waals surface area contributed by atoms with Gasteiger partial charge in [0.25, 0.3) is 0 Å². The van der Waals surface area contributed by atoms with Crippen LogP contribution in [0.2, 0.25) is 0 Å². The minimum absolute atomic E-state index is 0.0802. The van der Waals surface area contributed by atoms with Crippen molar-refractivity contribution >= 4 is 31.6 Å². The largest absolute Gasteiger partial charge is 0.493 e. The van der Waals surface area contributed by atoms with Crippen molar-refractivity contribution in [3.05, 3.63) is 48.9 Å². The summed E-state index contributed by atoms with van der Waals surface area (Å²) in [5.41, 5.74) is 3.57. The van der Waals surface area contributed by atoms with E-state index in [9.17, 15) is 8.42 Å². The van der Waals surface area contributed by atoms with E-state index in [0.29, 0.717) is 17.9 Å². The molecule has 0 fully saturated rings. The van der Waals surface area contributed by atoms with Crippen molar-refractivity contribution < 1.29 is 17.9 Å². The summed E-state index contributed by atoms with van der Waals surface area (Å²) in [6.45, 7) is 0.275. The molecule has 0 aliphatic rings. The molecule has 0 saturated carbocycles. The van der Waals surface area contributed by atoms with E-state index >= 15 is 0 Å². The molecule has 0 aliphatic carbocycles. The molecule has 0 atom stereocenters. The summed E-state index contributed by atoms with van der Waals surface area (Å²) in [6.07, 6.45) is 5.06. The van der Waals surface area contributed by atoms with Gasteiger partial charge in [-0.3, -0.25) is 0 Å². The van der Waals surface area contributed by atoms with E-state index in [1.807, 2.05) is 30.5 Å². The first kappa shape index (κ1) is 19.2. The Morgan fingerprint density at radius 3 is 2.72 bits per heavy atom. The number of hydrogen-bond donors (Lipinski definition) is 1. The van der Waals surface area contributed by atoms with Gasteiger partial charge < -0.3 is 14.5 Å². The number of methoxy groups -OCH3 is 1. The zero-order valence-electron chi connectivity index (χ0n) is 16.2. The predicted molar refractivity (Wildman–Crippen MR) is 113 cm³/mol. The van der Waals surface area contributed by atoms with Gasteiger partial charge in [0.15, 0.2) is 11.5 Å². The lowest BCUT2D eigenvalue weighted by atomic mass is 10.0. The lowest BCUT2D eigenvalue weighted by molar-refractivity contribution is 0.295. The maximum absolute atomic E-state index is 11.3. The zero-order chi connectivity index (χ0) is 20.4. The molecule has 8 heteroatoms. The third kappa shape index (κ3) is 4.17. The van der Waals surface area contributed by atoms with Gasteiger partial charge in [0.1, 0.15) is 16.2 Å². The lowest BCUT2D eigenvalue weighted by Crippen LogP contribution is -2.08. The topological polar surface area (TPSA) is 94.2 Å². The third-order valence-corrected chi connectivity index (χ3v) is 5.69. The van der Waals surface area contributed by atoms with Crippen LogP contribution in [0, 0.1) is 0 Å². The molecule has 0 spiro atoms. The Hall–Kier alpha value is -3.13. The fraction of sp³-hybridized carbons (Fsp3) is 0.238. The van der Waals surface area contributed by atoms with Gasteiger partial charge in [0.2, 0.25) is 0 Å². The van der Waals surface area contributed by atoms with Crippen molar-refractivity contribution in [1.82, 2.24) is 15.0 Å². The SMILES string of the molecule is COc1cc2c(-c3ccc4[nH]ccc4c3)ncnc2cc1OCCCS(C)(=O)=O. The molecule has 0 aliphatic heterocycles. The zero-order valence-corrected chi connectivity index (χ0v) is 17.0. The van der Waals surface area contributed by atoms with Gasteiger partial charge in [0, 0.05) is 40.4 Å². The average Bonchev–Trinajstić information content (AvgIpc) is 3.17. The Morgan fingerprint density at radius 1 is 1.07 bits per heavy atom. The molecule has 2 heterocycles. The second-order valence-electron chi connectivity index (χ2n) is 6.85. The van der Waals surface area contributed by atoms with Gasteiger partial charge in [-0.1, -0.05) is 6.07 Å². The van der Waals surface area contributed by atoms with E-state index in [4.69, 9.17) is 9.47 Å². The minimum atomic E-state index is -3.01. The molecule has 0 bridgehead atoms. The van der Waals surface area contributed by atoms with Crippen LogP contribution in [-0.4, -0.2) is 49.1 Å². The number of sulfone groups is 1. The maximum atomic E-state index is 11.3. The molecule has 0 amide bonds. The lowest BCUT2D eigenvalue weighted by Gasteiger charge is -2.13. The van der Waals surface area contributed by atoms with E-state index in [1.165, 1.54) is 12.6 Å². The van der Waals surface area contributed by atoms with Crippen LogP contribution in [0.15, 0.2) is 48.9 Å². The van der Waals surface area contributed by atoms with E-state index in [0.717, 1.165) is 33.1 Å². The fourth-order valence-electron chi connectivity index (χ4n) is 3.27. The highest BCUT2D eigenvalue weighted by atomic mass is 32.2. The predicted octanol–water partition coefficient (Wildman–Crippen LogP) is 3.60. The van der Waals surface area contributed by atoms with Crippen molar-refractivity contribution in [2.45, 2.75) is 6.42 Å². The Labute approximate surface area is 168 Å². The average molecular weight is 411 g/mol. The van der Waals surface area contributed by atoms with Crippen molar-refractivity contribution in [1.29, 1.82) is 0 Å². The minimum Gasteiger partial charge on any atom is -0.493 e. The highest BCUT2D eigenvalue weighted by Gasteiger charge is 2.13. The Morgan fingerprint density at radius 2 is 1.93 bits per heavy atom. The summed E-state index contributed by atoms with van der Waals surface area (Å²) in [4.78, 5) is 12.1. The van der Waals surface area contributed by atoms with Crippen LogP contribution in [0.1, 0.15) is 6.42 Å². The Balaban J connectivity index is 1.69. The second kappa shape index (κ2) is 7.71. The molecular formula is C21H21N3O4S. The third-order valence-electron chi connectivity index (χ3n) is 4.66. The number of aromatic amines is 1. The highest BCUT2D eigenvalue weighted by molar-refractivity contribution is 7.90. The molecule has 1 N–H and O–H groups in total. The number of nitrogens with zero attached hydrogens (tertiary/aromatic N) is 2. The number of benzene rings is 2. The van der Waals surface area contributed by atoms with Crippen LogP contribution in [0.5, 0.6) is 11.5 Å². The Kier molecular flexibility index (Phi) is 5.10. The molecule has 0 unspecified atom stereocenters. The summed E-state index contributed by atoms with van der Waals surface area (Å²) in [5, 5.41) is 1.95. The van der Waals surface area contributed by atoms with E-state index in [-0.39, 0.29) is 12.4 Å². The summed E-state index contributed by atoms with van der Waals surface area (Å²) < 4.78 is 33.8. The van der Waals surface area contributed by atoms with Crippen LogP contribution in [0.3, 0.4) is 0 Å². The molecule has 2 aromatic carbocycles. The molecule has 7 nitrogen and oxygen atoms in total. The number of fused-ring (bicyclic) bond motifs is 2.